The highest BCUT2D eigenvalue weighted by molar-refractivity contribution is 6.29. The monoisotopic (exact) mass is 254 g/mol. The van der Waals surface area contributed by atoms with Crippen molar-refractivity contribution in [1.29, 1.82) is 0 Å². The third kappa shape index (κ3) is 3.56. The van der Waals surface area contributed by atoms with Crippen LogP contribution in [0.2, 0.25) is 5.15 Å². The Balaban J connectivity index is 1.83. The Kier molecular flexibility index (Phi) is 4.14. The number of hydrogen-bond donors (Lipinski definition) is 1. The van der Waals surface area contributed by atoms with Crippen molar-refractivity contribution in [2.24, 2.45) is 0 Å². The fraction of sp³-hybridized carbons (Fsp3) is 0.545. The molecule has 0 atom stereocenters. The molecule has 0 unspecified atom stereocenters. The van der Waals surface area contributed by atoms with Gasteiger partial charge in [-0.3, -0.25) is 9.78 Å². The van der Waals surface area contributed by atoms with Crippen molar-refractivity contribution in [3.8, 4) is 0 Å². The minimum Gasteiger partial charge on any atom is -0.360 e. The maximum absolute atomic E-state index is 11.8. The van der Waals surface area contributed by atoms with Crippen LogP contribution in [-0.4, -0.2) is 40.4 Å². The molecule has 1 aliphatic rings. The molecule has 0 spiro atoms. The molecule has 1 aliphatic heterocycles. The van der Waals surface area contributed by atoms with Crippen LogP contribution >= 0.6 is 11.6 Å². The first-order valence-electron chi connectivity index (χ1n) is 5.75. The van der Waals surface area contributed by atoms with Gasteiger partial charge in [0.2, 0.25) is 5.91 Å². The second-order valence-electron chi connectivity index (χ2n) is 4.02. The summed E-state index contributed by atoms with van der Waals surface area (Å²) in [5.41, 5.74) is 0. The van der Waals surface area contributed by atoms with Crippen molar-refractivity contribution in [3.05, 3.63) is 17.5 Å². The minimum atomic E-state index is 0.103. The zero-order valence-corrected chi connectivity index (χ0v) is 10.3. The largest absolute Gasteiger partial charge is 0.360 e. The molecule has 0 aliphatic carbocycles. The number of nitrogens with zero attached hydrogens (tertiary/aromatic N) is 3. The van der Waals surface area contributed by atoms with E-state index in [-0.39, 0.29) is 12.5 Å². The van der Waals surface area contributed by atoms with E-state index in [2.05, 4.69) is 15.3 Å². The predicted molar refractivity (Wildman–Crippen MR) is 66.0 cm³/mol. The maximum Gasteiger partial charge on any atom is 0.241 e. The van der Waals surface area contributed by atoms with E-state index in [0.29, 0.717) is 11.0 Å². The van der Waals surface area contributed by atoms with Gasteiger partial charge in [0.15, 0.2) is 0 Å². The Labute approximate surface area is 105 Å². The van der Waals surface area contributed by atoms with Crippen molar-refractivity contribution in [2.75, 3.05) is 25.0 Å². The lowest BCUT2D eigenvalue weighted by Crippen LogP contribution is -2.39. The minimum absolute atomic E-state index is 0.103. The zero-order valence-electron chi connectivity index (χ0n) is 9.53. The Bertz CT molecular complexity index is 393. The van der Waals surface area contributed by atoms with Crippen LogP contribution in [0.3, 0.4) is 0 Å². The molecule has 1 aromatic rings. The summed E-state index contributed by atoms with van der Waals surface area (Å²) < 4.78 is 0. The highest BCUT2D eigenvalue weighted by Crippen LogP contribution is 2.10. The summed E-state index contributed by atoms with van der Waals surface area (Å²) in [7, 11) is 0. The van der Waals surface area contributed by atoms with Crippen molar-refractivity contribution in [1.82, 2.24) is 14.9 Å². The molecule has 17 heavy (non-hydrogen) atoms. The van der Waals surface area contributed by atoms with Crippen molar-refractivity contribution in [3.63, 3.8) is 0 Å². The van der Waals surface area contributed by atoms with Gasteiger partial charge in [-0.05, 0) is 19.3 Å². The summed E-state index contributed by atoms with van der Waals surface area (Å²) in [6.45, 7) is 1.97. The van der Waals surface area contributed by atoms with Crippen molar-refractivity contribution < 1.29 is 4.79 Å². The van der Waals surface area contributed by atoms with Crippen LogP contribution in [-0.2, 0) is 4.79 Å². The summed E-state index contributed by atoms with van der Waals surface area (Å²) in [6.07, 6.45) is 6.43. The van der Waals surface area contributed by atoms with Crippen LogP contribution in [0.1, 0.15) is 19.3 Å². The molecule has 1 N–H and O–H groups in total. The number of likely N-dealkylation sites (tertiary alicyclic amines) is 1. The number of nitrogens with one attached hydrogen (secondary N) is 1. The molecule has 6 heteroatoms. The van der Waals surface area contributed by atoms with Gasteiger partial charge in [-0.15, -0.1) is 0 Å². The lowest BCUT2D eigenvalue weighted by Gasteiger charge is -2.26. The van der Waals surface area contributed by atoms with Crippen LogP contribution in [0.5, 0.6) is 0 Å². The van der Waals surface area contributed by atoms with Crippen molar-refractivity contribution >= 4 is 23.3 Å². The zero-order chi connectivity index (χ0) is 12.1. The Morgan fingerprint density at radius 2 is 2.12 bits per heavy atom. The lowest BCUT2D eigenvalue weighted by atomic mass is 10.1. The fourth-order valence-electron chi connectivity index (χ4n) is 1.85. The summed E-state index contributed by atoms with van der Waals surface area (Å²) in [5.74, 6) is 0.634. The molecule has 1 aromatic heterocycles. The van der Waals surface area contributed by atoms with Gasteiger partial charge < -0.3 is 10.2 Å². The van der Waals surface area contributed by atoms with E-state index < -0.39 is 0 Å². The van der Waals surface area contributed by atoms with Gasteiger partial charge in [0.25, 0.3) is 0 Å². The van der Waals surface area contributed by atoms with E-state index in [1.54, 1.807) is 6.20 Å². The number of amides is 1. The number of halogens is 1. The summed E-state index contributed by atoms with van der Waals surface area (Å²) in [4.78, 5) is 21.6. The molecule has 1 amide bonds. The van der Waals surface area contributed by atoms with Crippen LogP contribution in [0.4, 0.5) is 5.82 Å². The number of carbonyl (C=O) groups is 1. The first-order chi connectivity index (χ1) is 8.25. The van der Waals surface area contributed by atoms with E-state index in [0.717, 1.165) is 25.9 Å². The molecule has 0 bridgehead atoms. The van der Waals surface area contributed by atoms with E-state index >= 15 is 0 Å². The molecule has 5 nitrogen and oxygen atoms in total. The molecule has 92 valence electrons. The first kappa shape index (κ1) is 12.1. The van der Waals surface area contributed by atoms with Crippen molar-refractivity contribution in [2.45, 2.75) is 19.3 Å². The third-order valence-corrected chi connectivity index (χ3v) is 2.92. The molecule has 0 radical (unpaired) electrons. The van der Waals surface area contributed by atoms with Gasteiger partial charge in [-0.25, -0.2) is 4.98 Å². The second-order valence-corrected chi connectivity index (χ2v) is 4.41. The van der Waals surface area contributed by atoms with Gasteiger partial charge in [-0.2, -0.15) is 0 Å². The summed E-state index contributed by atoms with van der Waals surface area (Å²) in [5, 5.41) is 3.25. The van der Waals surface area contributed by atoms with Crippen LogP contribution < -0.4 is 5.32 Å². The van der Waals surface area contributed by atoms with Crippen LogP contribution in [0.25, 0.3) is 0 Å². The van der Waals surface area contributed by atoms with E-state index in [9.17, 15) is 4.79 Å². The molecule has 0 aromatic carbocycles. The normalized spacial score (nSPS) is 15.7. The number of carbonyl (C=O) groups excluding carboxylic acids is 1. The second kappa shape index (κ2) is 5.82. The van der Waals surface area contributed by atoms with Gasteiger partial charge >= 0.3 is 0 Å². The molecule has 1 saturated heterocycles. The highest BCUT2D eigenvalue weighted by atomic mass is 35.5. The highest BCUT2D eigenvalue weighted by Gasteiger charge is 2.15. The van der Waals surface area contributed by atoms with Crippen LogP contribution in [0.15, 0.2) is 12.4 Å². The molecule has 1 fully saturated rings. The predicted octanol–water partition coefficient (Wildman–Crippen LogP) is 1.55. The number of piperidine rings is 1. The Hall–Kier alpha value is -1.36. The standard InChI is InChI=1S/C11H15ClN4O/c12-9-6-13-7-10(15-9)14-8-11(17)16-4-2-1-3-5-16/h6-7H,1-5,8H2,(H,14,15). The quantitative estimate of drug-likeness (QED) is 0.889. The summed E-state index contributed by atoms with van der Waals surface area (Å²) in [6, 6.07) is 0. The average molecular weight is 255 g/mol. The Morgan fingerprint density at radius 3 is 2.82 bits per heavy atom. The molecular formula is C11H15ClN4O. The fourth-order valence-corrected chi connectivity index (χ4v) is 2.00. The molecule has 2 heterocycles. The lowest BCUT2D eigenvalue weighted by molar-refractivity contribution is -0.130. The first-order valence-corrected chi connectivity index (χ1v) is 6.13. The van der Waals surface area contributed by atoms with E-state index in [4.69, 9.17) is 11.6 Å². The number of hydrogen-bond acceptors (Lipinski definition) is 4. The molecular weight excluding hydrogens is 240 g/mol. The van der Waals surface area contributed by atoms with Gasteiger partial charge in [-0.1, -0.05) is 11.6 Å². The summed E-state index contributed by atoms with van der Waals surface area (Å²) >= 11 is 5.70. The number of rotatable bonds is 3. The maximum atomic E-state index is 11.8. The van der Waals surface area contributed by atoms with Crippen LogP contribution in [0, 0.1) is 0 Å². The average Bonchev–Trinajstić information content (AvgIpc) is 2.37. The molecule has 2 rings (SSSR count). The third-order valence-electron chi connectivity index (χ3n) is 2.73. The number of aromatic nitrogens is 2. The topological polar surface area (TPSA) is 58.1 Å². The SMILES string of the molecule is O=C(CNc1cncc(Cl)n1)N1CCCCC1. The van der Waals surface area contributed by atoms with Gasteiger partial charge in [0, 0.05) is 13.1 Å². The van der Waals surface area contributed by atoms with E-state index in [1.165, 1.54) is 12.6 Å². The van der Waals surface area contributed by atoms with E-state index in [1.807, 2.05) is 4.90 Å². The molecule has 0 saturated carbocycles. The number of anilines is 1. The smallest absolute Gasteiger partial charge is 0.241 e. The van der Waals surface area contributed by atoms with Gasteiger partial charge in [0.1, 0.15) is 11.0 Å². The van der Waals surface area contributed by atoms with Gasteiger partial charge in [0.05, 0.1) is 18.9 Å². The Morgan fingerprint density at radius 1 is 1.35 bits per heavy atom.